The van der Waals surface area contributed by atoms with E-state index in [-0.39, 0.29) is 24.2 Å². The summed E-state index contributed by atoms with van der Waals surface area (Å²) in [5, 5.41) is 15.5. The van der Waals surface area contributed by atoms with E-state index in [1.54, 1.807) is 6.92 Å². The summed E-state index contributed by atoms with van der Waals surface area (Å²) in [7, 11) is 0. The van der Waals surface area contributed by atoms with Crippen LogP contribution in [0.15, 0.2) is 24.3 Å². The Hall–Kier alpha value is -1.60. The summed E-state index contributed by atoms with van der Waals surface area (Å²) < 4.78 is 37.6. The quantitative estimate of drug-likeness (QED) is 0.773. The molecule has 3 atom stereocenters. The Labute approximate surface area is 133 Å². The Bertz CT molecular complexity index is 531. The van der Waals surface area contributed by atoms with Crippen LogP contribution in [0.1, 0.15) is 30.4 Å². The number of nitrogens with one attached hydrogen (secondary N) is 2. The molecule has 1 heterocycles. The average Bonchev–Trinajstić information content (AvgIpc) is 2.89. The number of hydrogen-bond acceptors (Lipinski definition) is 3. The molecule has 3 unspecified atom stereocenters. The number of amides is 1. The topological polar surface area (TPSA) is 61.4 Å². The number of halogens is 3. The largest absolute Gasteiger partial charge is 0.416 e. The smallest absolute Gasteiger partial charge is 0.391 e. The van der Waals surface area contributed by atoms with Gasteiger partial charge in [-0.3, -0.25) is 4.79 Å². The van der Waals surface area contributed by atoms with Gasteiger partial charge in [-0.15, -0.1) is 0 Å². The molecule has 0 aromatic heterocycles. The zero-order chi connectivity index (χ0) is 17.0. The summed E-state index contributed by atoms with van der Waals surface area (Å²) in [5.74, 6) is -0.347. The number of carbonyl (C=O) groups excluding carboxylic acids is 1. The van der Waals surface area contributed by atoms with E-state index >= 15 is 0 Å². The van der Waals surface area contributed by atoms with Crippen molar-refractivity contribution in [3.05, 3.63) is 35.4 Å². The Morgan fingerprint density at radius 2 is 2.00 bits per heavy atom. The highest BCUT2D eigenvalue weighted by Crippen LogP contribution is 2.30. The van der Waals surface area contributed by atoms with Crippen LogP contribution >= 0.6 is 0 Å². The zero-order valence-electron chi connectivity index (χ0n) is 12.9. The van der Waals surface area contributed by atoms with E-state index in [2.05, 4.69) is 10.6 Å². The normalized spacial score (nSPS) is 22.8. The first kappa shape index (κ1) is 17.7. The van der Waals surface area contributed by atoms with E-state index < -0.39 is 17.8 Å². The molecular weight excluding hydrogens is 309 g/mol. The van der Waals surface area contributed by atoms with Crippen LogP contribution < -0.4 is 10.6 Å². The minimum absolute atomic E-state index is 0.000301. The zero-order valence-corrected chi connectivity index (χ0v) is 12.9. The number of aliphatic hydroxyl groups excluding tert-OH is 1. The molecule has 7 heteroatoms. The lowest BCUT2D eigenvalue weighted by Gasteiger charge is -2.16. The summed E-state index contributed by atoms with van der Waals surface area (Å²) in [4.78, 5) is 11.9. The summed E-state index contributed by atoms with van der Waals surface area (Å²) >= 11 is 0. The number of β-amino-alcohol motifs (C(OH)–C–C–N with tert-alkyl or cyclic N) is 1. The second kappa shape index (κ2) is 7.31. The minimum atomic E-state index is -4.35. The molecule has 1 aliphatic heterocycles. The Morgan fingerprint density at radius 3 is 2.52 bits per heavy atom. The molecule has 128 valence electrons. The van der Waals surface area contributed by atoms with E-state index in [1.165, 1.54) is 12.1 Å². The summed E-state index contributed by atoms with van der Waals surface area (Å²) in [6.07, 6.45) is -4.61. The van der Waals surface area contributed by atoms with Crippen LogP contribution in [0.4, 0.5) is 13.2 Å². The predicted octanol–water partition coefficient (Wildman–Crippen LogP) is 1.90. The van der Waals surface area contributed by atoms with Gasteiger partial charge in [-0.1, -0.05) is 19.1 Å². The lowest BCUT2D eigenvalue weighted by atomic mass is 9.96. The molecule has 23 heavy (non-hydrogen) atoms. The minimum Gasteiger partial charge on any atom is -0.391 e. The van der Waals surface area contributed by atoms with Gasteiger partial charge in [0.25, 0.3) is 0 Å². The maximum Gasteiger partial charge on any atom is 0.416 e. The van der Waals surface area contributed by atoms with Crippen molar-refractivity contribution in [2.75, 3.05) is 19.6 Å². The second-order valence-corrected chi connectivity index (χ2v) is 6.01. The van der Waals surface area contributed by atoms with Crippen molar-refractivity contribution in [1.82, 2.24) is 10.6 Å². The third-order valence-electron chi connectivity index (χ3n) is 4.16. The predicted molar refractivity (Wildman–Crippen MR) is 79.9 cm³/mol. The van der Waals surface area contributed by atoms with Crippen LogP contribution in [-0.4, -0.2) is 36.8 Å². The van der Waals surface area contributed by atoms with Crippen LogP contribution in [0, 0.1) is 5.92 Å². The van der Waals surface area contributed by atoms with Crippen molar-refractivity contribution in [1.29, 1.82) is 0 Å². The van der Waals surface area contributed by atoms with E-state index in [1.807, 2.05) is 0 Å². The van der Waals surface area contributed by atoms with Crippen molar-refractivity contribution in [3.63, 3.8) is 0 Å². The highest BCUT2D eigenvalue weighted by molar-refractivity contribution is 5.76. The van der Waals surface area contributed by atoms with Crippen molar-refractivity contribution in [2.45, 2.75) is 31.5 Å². The fourth-order valence-corrected chi connectivity index (χ4v) is 2.64. The van der Waals surface area contributed by atoms with Crippen molar-refractivity contribution >= 4 is 5.91 Å². The molecular formula is C16H21F3N2O2. The molecule has 1 amide bonds. The van der Waals surface area contributed by atoms with Crippen LogP contribution in [0.5, 0.6) is 0 Å². The first-order chi connectivity index (χ1) is 10.8. The fraction of sp³-hybridized carbons (Fsp3) is 0.562. The third-order valence-corrected chi connectivity index (χ3v) is 4.16. The highest BCUT2D eigenvalue weighted by Gasteiger charge is 2.30. The fourth-order valence-electron chi connectivity index (χ4n) is 2.64. The molecule has 3 N–H and O–H groups in total. The van der Waals surface area contributed by atoms with Gasteiger partial charge in [-0.25, -0.2) is 0 Å². The maximum absolute atomic E-state index is 12.5. The molecule has 2 rings (SSSR count). The van der Waals surface area contributed by atoms with Gasteiger partial charge in [-0.2, -0.15) is 13.2 Å². The summed E-state index contributed by atoms with van der Waals surface area (Å²) in [5.41, 5.74) is -0.00339. The molecule has 0 radical (unpaired) electrons. The van der Waals surface area contributed by atoms with Gasteiger partial charge in [0.15, 0.2) is 0 Å². The first-order valence-electron chi connectivity index (χ1n) is 7.60. The van der Waals surface area contributed by atoms with Gasteiger partial charge in [-0.05, 0) is 23.6 Å². The van der Waals surface area contributed by atoms with Crippen LogP contribution in [0.25, 0.3) is 0 Å². The summed E-state index contributed by atoms with van der Waals surface area (Å²) in [6, 6.07) is 4.88. The number of benzene rings is 1. The summed E-state index contributed by atoms with van der Waals surface area (Å²) in [6.45, 7) is 3.39. The highest BCUT2D eigenvalue weighted by atomic mass is 19.4. The lowest BCUT2D eigenvalue weighted by molar-refractivity contribution is -0.137. The van der Waals surface area contributed by atoms with Crippen LogP contribution in [0.2, 0.25) is 0 Å². The van der Waals surface area contributed by atoms with Crippen LogP contribution in [-0.2, 0) is 11.0 Å². The molecule has 1 saturated heterocycles. The Kier molecular flexibility index (Phi) is 5.64. The van der Waals surface area contributed by atoms with Gasteiger partial charge < -0.3 is 15.7 Å². The van der Waals surface area contributed by atoms with Gasteiger partial charge in [0.05, 0.1) is 11.7 Å². The van der Waals surface area contributed by atoms with Crippen molar-refractivity contribution in [3.8, 4) is 0 Å². The third kappa shape index (κ3) is 4.94. The molecule has 1 aromatic carbocycles. The van der Waals surface area contributed by atoms with E-state index in [0.717, 1.165) is 12.1 Å². The van der Waals surface area contributed by atoms with Crippen LogP contribution in [0.3, 0.4) is 0 Å². The van der Waals surface area contributed by atoms with Crippen molar-refractivity contribution in [2.24, 2.45) is 5.92 Å². The Morgan fingerprint density at radius 1 is 1.35 bits per heavy atom. The molecule has 4 nitrogen and oxygen atoms in total. The van der Waals surface area contributed by atoms with Crippen molar-refractivity contribution < 1.29 is 23.1 Å². The molecule has 0 bridgehead atoms. The van der Waals surface area contributed by atoms with Gasteiger partial charge in [0, 0.05) is 32.0 Å². The molecule has 1 aliphatic rings. The van der Waals surface area contributed by atoms with Gasteiger partial charge in [0.1, 0.15) is 0 Å². The molecule has 1 aromatic rings. The number of hydrogen-bond donors (Lipinski definition) is 3. The van der Waals surface area contributed by atoms with Gasteiger partial charge >= 0.3 is 6.18 Å². The standard InChI is InChI=1S/C16H21F3N2O2/c1-10(11-2-4-13(5-3-11)16(17,18)19)6-15(23)21-8-12-7-20-9-14(12)22/h2-5,10,12,14,20,22H,6-9H2,1H3,(H,21,23). The second-order valence-electron chi connectivity index (χ2n) is 6.01. The number of alkyl halides is 3. The van der Waals surface area contributed by atoms with E-state index in [0.29, 0.717) is 25.2 Å². The van der Waals surface area contributed by atoms with E-state index in [4.69, 9.17) is 0 Å². The molecule has 1 fully saturated rings. The SMILES string of the molecule is CC(CC(=O)NCC1CNCC1O)c1ccc(C(F)(F)F)cc1. The first-order valence-corrected chi connectivity index (χ1v) is 7.60. The number of aliphatic hydroxyl groups is 1. The average molecular weight is 330 g/mol. The number of rotatable bonds is 5. The number of carbonyl (C=O) groups is 1. The molecule has 0 spiro atoms. The van der Waals surface area contributed by atoms with Gasteiger partial charge in [0.2, 0.25) is 5.91 Å². The molecule has 0 saturated carbocycles. The maximum atomic E-state index is 12.5. The van der Waals surface area contributed by atoms with E-state index in [9.17, 15) is 23.1 Å². The lowest BCUT2D eigenvalue weighted by Crippen LogP contribution is -2.34. The Balaban J connectivity index is 1.83. The molecule has 0 aliphatic carbocycles. The monoisotopic (exact) mass is 330 g/mol.